The van der Waals surface area contributed by atoms with Gasteiger partial charge in [-0.15, -0.1) is 0 Å². The van der Waals surface area contributed by atoms with Crippen molar-refractivity contribution in [1.29, 1.82) is 0 Å². The number of piperazine rings is 1. The van der Waals surface area contributed by atoms with Gasteiger partial charge in [0, 0.05) is 49.9 Å². The summed E-state index contributed by atoms with van der Waals surface area (Å²) in [5, 5.41) is 3.26. The van der Waals surface area contributed by atoms with E-state index in [4.69, 9.17) is 0 Å². The number of nitrogens with one attached hydrogen (secondary N) is 1. The van der Waals surface area contributed by atoms with Crippen LogP contribution in [0.25, 0.3) is 0 Å². The van der Waals surface area contributed by atoms with Crippen LogP contribution in [-0.4, -0.2) is 48.1 Å². The van der Waals surface area contributed by atoms with E-state index in [9.17, 15) is 0 Å². The second-order valence-electron chi connectivity index (χ2n) is 5.49. The highest BCUT2D eigenvalue weighted by molar-refractivity contribution is 5.64. The Bertz CT molecular complexity index is 591. The average Bonchev–Trinajstić information content (AvgIpc) is 2.51. The Morgan fingerprint density at radius 1 is 1.05 bits per heavy atom. The van der Waals surface area contributed by atoms with E-state index in [2.05, 4.69) is 57.3 Å². The summed E-state index contributed by atoms with van der Waals surface area (Å²) in [4.78, 5) is 13.2. The molecule has 0 amide bonds. The second-order valence-corrected chi connectivity index (χ2v) is 5.49. The molecule has 2 heterocycles. The number of nitrogens with zero attached hydrogens (tertiary/aromatic N) is 4. The summed E-state index contributed by atoms with van der Waals surface area (Å²) in [6.45, 7) is 6.54. The smallest absolute Gasteiger partial charge is 0.227 e. The number of rotatable bonds is 3. The zero-order valence-corrected chi connectivity index (χ0v) is 12.6. The third-order valence-electron chi connectivity index (χ3n) is 3.89. The fraction of sp³-hybridized carbons (Fsp3) is 0.375. The molecule has 0 radical (unpaired) electrons. The molecule has 0 atom stereocenters. The molecule has 1 saturated heterocycles. The molecule has 0 spiro atoms. The highest BCUT2D eigenvalue weighted by atomic mass is 15.2. The highest BCUT2D eigenvalue weighted by Crippen LogP contribution is 2.25. The standard InChI is InChI=1S/C16H21N5/c1-13-12-14(21-10-8-20(2)9-11-21)4-5-15(13)19-16-17-6-3-7-18-16/h3-7,12H,8-11H2,1-2H3,(H,17,18,19). The van der Waals surface area contributed by atoms with Crippen LogP contribution in [0.3, 0.4) is 0 Å². The molecule has 110 valence electrons. The normalized spacial score (nSPS) is 16.0. The summed E-state index contributed by atoms with van der Waals surface area (Å²) in [5.41, 5.74) is 3.55. The minimum atomic E-state index is 0.632. The maximum Gasteiger partial charge on any atom is 0.227 e. The Hall–Kier alpha value is -2.14. The monoisotopic (exact) mass is 283 g/mol. The number of hydrogen-bond donors (Lipinski definition) is 1. The minimum Gasteiger partial charge on any atom is -0.369 e. The van der Waals surface area contributed by atoms with Crippen LogP contribution in [0.5, 0.6) is 0 Å². The third-order valence-corrected chi connectivity index (χ3v) is 3.89. The van der Waals surface area contributed by atoms with Gasteiger partial charge in [0.05, 0.1) is 0 Å². The van der Waals surface area contributed by atoms with Crippen LogP contribution < -0.4 is 10.2 Å². The molecule has 1 aliphatic rings. The van der Waals surface area contributed by atoms with E-state index in [-0.39, 0.29) is 0 Å². The lowest BCUT2D eigenvalue weighted by Gasteiger charge is -2.34. The molecule has 0 unspecified atom stereocenters. The number of likely N-dealkylation sites (N-methyl/N-ethyl adjacent to an activating group) is 1. The Labute approximate surface area is 125 Å². The molecular formula is C16H21N5. The van der Waals surface area contributed by atoms with Crippen molar-refractivity contribution in [2.75, 3.05) is 43.4 Å². The molecular weight excluding hydrogens is 262 g/mol. The SMILES string of the molecule is Cc1cc(N2CCN(C)CC2)ccc1Nc1ncccn1. The first kappa shape index (κ1) is 13.8. The summed E-state index contributed by atoms with van der Waals surface area (Å²) < 4.78 is 0. The van der Waals surface area contributed by atoms with Gasteiger partial charge in [0.2, 0.25) is 5.95 Å². The van der Waals surface area contributed by atoms with Crippen LogP contribution in [0.1, 0.15) is 5.56 Å². The van der Waals surface area contributed by atoms with E-state index < -0.39 is 0 Å². The topological polar surface area (TPSA) is 44.3 Å². The molecule has 5 heteroatoms. The third kappa shape index (κ3) is 3.31. The van der Waals surface area contributed by atoms with Gasteiger partial charge in [0.15, 0.2) is 0 Å². The molecule has 1 aromatic heterocycles. The van der Waals surface area contributed by atoms with E-state index in [0.29, 0.717) is 5.95 Å². The van der Waals surface area contributed by atoms with Gasteiger partial charge in [-0.1, -0.05) is 0 Å². The van der Waals surface area contributed by atoms with Gasteiger partial charge >= 0.3 is 0 Å². The van der Waals surface area contributed by atoms with Gasteiger partial charge in [-0.05, 0) is 43.8 Å². The van der Waals surface area contributed by atoms with Crippen molar-refractivity contribution in [2.45, 2.75) is 6.92 Å². The van der Waals surface area contributed by atoms with Gasteiger partial charge in [-0.3, -0.25) is 0 Å². The largest absolute Gasteiger partial charge is 0.369 e. The fourth-order valence-electron chi connectivity index (χ4n) is 2.53. The lowest BCUT2D eigenvalue weighted by Crippen LogP contribution is -2.44. The molecule has 0 saturated carbocycles. The van der Waals surface area contributed by atoms with E-state index in [1.165, 1.54) is 11.3 Å². The van der Waals surface area contributed by atoms with Crippen molar-refractivity contribution in [3.63, 3.8) is 0 Å². The van der Waals surface area contributed by atoms with E-state index in [1.807, 2.05) is 6.07 Å². The van der Waals surface area contributed by atoms with Gasteiger partial charge < -0.3 is 15.1 Å². The quantitative estimate of drug-likeness (QED) is 0.936. The van der Waals surface area contributed by atoms with E-state index in [1.54, 1.807) is 12.4 Å². The van der Waals surface area contributed by atoms with Crippen LogP contribution in [0.2, 0.25) is 0 Å². The van der Waals surface area contributed by atoms with Crippen molar-refractivity contribution in [3.05, 3.63) is 42.2 Å². The van der Waals surface area contributed by atoms with Crippen LogP contribution in [0.15, 0.2) is 36.7 Å². The number of benzene rings is 1. The van der Waals surface area contributed by atoms with E-state index >= 15 is 0 Å². The predicted octanol–water partition coefficient (Wildman–Crippen LogP) is 2.28. The van der Waals surface area contributed by atoms with E-state index in [0.717, 1.165) is 31.9 Å². The summed E-state index contributed by atoms with van der Waals surface area (Å²) >= 11 is 0. The van der Waals surface area contributed by atoms with Gasteiger partial charge in [-0.25, -0.2) is 9.97 Å². The maximum absolute atomic E-state index is 4.20. The average molecular weight is 283 g/mol. The highest BCUT2D eigenvalue weighted by Gasteiger charge is 2.14. The summed E-state index contributed by atoms with van der Waals surface area (Å²) in [6, 6.07) is 8.33. The zero-order valence-electron chi connectivity index (χ0n) is 12.6. The van der Waals surface area contributed by atoms with Gasteiger partial charge in [0.1, 0.15) is 0 Å². The Morgan fingerprint density at radius 3 is 2.43 bits per heavy atom. The predicted molar refractivity (Wildman–Crippen MR) is 86.2 cm³/mol. The van der Waals surface area contributed by atoms with Gasteiger partial charge in [0.25, 0.3) is 0 Å². The first-order valence-electron chi connectivity index (χ1n) is 7.30. The van der Waals surface area contributed by atoms with Crippen molar-refractivity contribution in [2.24, 2.45) is 0 Å². The van der Waals surface area contributed by atoms with Crippen molar-refractivity contribution in [1.82, 2.24) is 14.9 Å². The molecule has 0 bridgehead atoms. The van der Waals surface area contributed by atoms with Gasteiger partial charge in [-0.2, -0.15) is 0 Å². The zero-order chi connectivity index (χ0) is 14.7. The summed E-state index contributed by atoms with van der Waals surface area (Å²) in [6.07, 6.45) is 3.48. The lowest BCUT2D eigenvalue weighted by atomic mass is 10.1. The molecule has 1 aliphatic heterocycles. The molecule has 5 nitrogen and oxygen atoms in total. The molecule has 3 rings (SSSR count). The molecule has 0 aliphatic carbocycles. The Kier molecular flexibility index (Phi) is 4.01. The minimum absolute atomic E-state index is 0.632. The maximum atomic E-state index is 4.20. The summed E-state index contributed by atoms with van der Waals surface area (Å²) in [5.74, 6) is 0.632. The second kappa shape index (κ2) is 6.10. The van der Waals surface area contributed by atoms with Crippen molar-refractivity contribution < 1.29 is 0 Å². The van der Waals surface area contributed by atoms with Crippen molar-refractivity contribution >= 4 is 17.3 Å². The number of anilines is 3. The van der Waals surface area contributed by atoms with Crippen molar-refractivity contribution in [3.8, 4) is 0 Å². The molecule has 2 aromatic rings. The van der Waals surface area contributed by atoms with Crippen LogP contribution >= 0.6 is 0 Å². The number of hydrogen-bond acceptors (Lipinski definition) is 5. The number of aromatic nitrogens is 2. The van der Waals surface area contributed by atoms with Crippen LogP contribution in [0, 0.1) is 6.92 Å². The Balaban J connectivity index is 1.74. The summed E-state index contributed by atoms with van der Waals surface area (Å²) in [7, 11) is 2.18. The Morgan fingerprint density at radius 2 is 1.76 bits per heavy atom. The first-order chi connectivity index (χ1) is 10.2. The molecule has 21 heavy (non-hydrogen) atoms. The lowest BCUT2D eigenvalue weighted by molar-refractivity contribution is 0.313. The molecule has 1 aromatic carbocycles. The first-order valence-corrected chi connectivity index (χ1v) is 7.30. The molecule has 1 N–H and O–H groups in total. The van der Waals surface area contributed by atoms with Crippen LogP contribution in [0.4, 0.5) is 17.3 Å². The fourth-order valence-corrected chi connectivity index (χ4v) is 2.53. The molecule has 1 fully saturated rings. The van der Waals surface area contributed by atoms with Crippen LogP contribution in [-0.2, 0) is 0 Å². The number of aryl methyl sites for hydroxylation is 1.